The number of carbonyl (C=O) groups is 4. The van der Waals surface area contributed by atoms with Gasteiger partial charge in [-0.3, -0.25) is 9.11 Å². The minimum Gasteiger partial charge on any atom is -0.479 e. The Labute approximate surface area is 115 Å². The van der Waals surface area contributed by atoms with Gasteiger partial charge >= 0.3 is 34.3 Å². The molecule has 0 bridgehead atoms. The average molecular weight is 338 g/mol. The average Bonchev–Trinajstić information content (AvgIpc) is 2.25. The van der Waals surface area contributed by atoms with E-state index in [9.17, 15) is 9.59 Å². The molecule has 0 rings (SSSR count). The Kier molecular flexibility index (Phi) is 11.8. The van der Waals surface area contributed by atoms with Crippen molar-refractivity contribution in [2.45, 2.75) is 12.2 Å². The fourth-order valence-electron chi connectivity index (χ4n) is 0.270. The normalized spacial score (nSPS) is 12.4. The maximum absolute atomic E-state index is 9.77. The number of aliphatic hydroxyl groups is 2. The third-order valence-electron chi connectivity index (χ3n) is 0.988. The number of aliphatic carboxylic acids is 4. The third kappa shape index (κ3) is 23.2. The highest BCUT2D eigenvalue weighted by Gasteiger charge is 2.29. The van der Waals surface area contributed by atoms with Crippen molar-refractivity contribution >= 4 is 34.3 Å². The van der Waals surface area contributed by atoms with Gasteiger partial charge in [0.15, 0.2) is 12.2 Å². The van der Waals surface area contributed by atoms with Crippen molar-refractivity contribution in [1.82, 2.24) is 0 Å². The molecule has 0 fully saturated rings. The standard InChI is InChI=1S/C4H6O6.C2H2O4.H2O4S/c5-1(3(7)8)2(6)4(9)10;3-1(4)2(5)6;1-5(2,3)4/h1-2,5-6H,(H,7,8)(H,9,10);(H,3,4)(H,5,6);(H2,1,2,3,4). The summed E-state index contributed by atoms with van der Waals surface area (Å²) in [7, 11) is -4.67. The first kappa shape index (κ1) is 23.7. The summed E-state index contributed by atoms with van der Waals surface area (Å²) in [5, 5.41) is 47.3. The van der Waals surface area contributed by atoms with Crippen LogP contribution in [0.2, 0.25) is 0 Å². The lowest BCUT2D eigenvalue weighted by atomic mass is 10.2. The lowest BCUT2D eigenvalue weighted by Crippen LogP contribution is -2.39. The summed E-state index contributed by atoms with van der Waals surface area (Å²) in [5.74, 6) is -7.19. The van der Waals surface area contributed by atoms with Crippen LogP contribution in [0.3, 0.4) is 0 Å². The van der Waals surface area contributed by atoms with Gasteiger partial charge in [-0.25, -0.2) is 19.2 Å². The minimum atomic E-state index is -4.67. The molecule has 2 unspecified atom stereocenters. The predicted octanol–water partition coefficient (Wildman–Crippen LogP) is -3.62. The number of carboxylic acid groups (broad SMARTS) is 4. The SMILES string of the molecule is O=C(O)C(=O)O.O=C(O)C(O)C(O)C(=O)O.O=S(=O)(O)O. The van der Waals surface area contributed by atoms with Crippen LogP contribution in [0.4, 0.5) is 0 Å². The van der Waals surface area contributed by atoms with Gasteiger partial charge in [0.2, 0.25) is 0 Å². The summed E-state index contributed by atoms with van der Waals surface area (Å²) < 4.78 is 31.6. The van der Waals surface area contributed by atoms with Crippen LogP contribution >= 0.6 is 0 Å². The van der Waals surface area contributed by atoms with Crippen molar-refractivity contribution in [3.63, 3.8) is 0 Å². The summed E-state index contributed by atoms with van der Waals surface area (Å²) in [6, 6.07) is 0. The van der Waals surface area contributed by atoms with Crippen LogP contribution in [0.1, 0.15) is 0 Å². The van der Waals surface area contributed by atoms with Crippen molar-refractivity contribution in [2.24, 2.45) is 0 Å². The molecule has 0 aliphatic carbocycles. The van der Waals surface area contributed by atoms with Crippen LogP contribution in [0.5, 0.6) is 0 Å². The van der Waals surface area contributed by atoms with Crippen LogP contribution in [0.25, 0.3) is 0 Å². The van der Waals surface area contributed by atoms with Crippen LogP contribution < -0.4 is 0 Å². The fraction of sp³-hybridized carbons (Fsp3) is 0.333. The van der Waals surface area contributed by atoms with Gasteiger partial charge in [-0.2, -0.15) is 8.42 Å². The van der Waals surface area contributed by atoms with Gasteiger partial charge in [-0.15, -0.1) is 0 Å². The second-order valence-corrected chi connectivity index (χ2v) is 3.52. The van der Waals surface area contributed by atoms with E-state index >= 15 is 0 Å². The van der Waals surface area contributed by atoms with Gasteiger partial charge in [-0.1, -0.05) is 0 Å². The zero-order valence-corrected chi connectivity index (χ0v) is 10.4. The summed E-state index contributed by atoms with van der Waals surface area (Å²) in [6.07, 6.45) is -4.53. The van der Waals surface area contributed by atoms with Crippen molar-refractivity contribution in [1.29, 1.82) is 0 Å². The third-order valence-corrected chi connectivity index (χ3v) is 0.988. The number of hydrogen-bond acceptors (Lipinski definition) is 8. The Hall–Kier alpha value is -2.33. The molecule has 21 heavy (non-hydrogen) atoms. The monoisotopic (exact) mass is 338 g/mol. The molecule has 0 aliphatic heterocycles. The van der Waals surface area contributed by atoms with E-state index in [-0.39, 0.29) is 0 Å². The van der Waals surface area contributed by atoms with E-state index in [4.69, 9.17) is 57.8 Å². The maximum atomic E-state index is 9.77. The Morgan fingerprint density at radius 1 is 0.667 bits per heavy atom. The molecule has 0 aromatic carbocycles. The number of rotatable bonds is 3. The van der Waals surface area contributed by atoms with Crippen LogP contribution in [0.15, 0.2) is 0 Å². The first-order valence-electron chi connectivity index (χ1n) is 4.09. The van der Waals surface area contributed by atoms with E-state index in [0.717, 1.165) is 0 Å². The highest BCUT2D eigenvalue weighted by molar-refractivity contribution is 7.79. The van der Waals surface area contributed by atoms with Crippen molar-refractivity contribution in [3.05, 3.63) is 0 Å². The molecule has 0 aromatic rings. The molecule has 8 N–H and O–H groups in total. The number of carboxylic acids is 4. The first-order chi connectivity index (χ1) is 9.11. The van der Waals surface area contributed by atoms with E-state index in [1.807, 2.05) is 0 Å². The van der Waals surface area contributed by atoms with Crippen LogP contribution in [-0.2, 0) is 29.6 Å². The molecule has 124 valence electrons. The lowest BCUT2D eigenvalue weighted by molar-refractivity contribution is -0.165. The zero-order valence-electron chi connectivity index (χ0n) is 9.59. The van der Waals surface area contributed by atoms with Gasteiger partial charge in [-0.05, 0) is 0 Å². The van der Waals surface area contributed by atoms with Gasteiger partial charge in [0.25, 0.3) is 0 Å². The maximum Gasteiger partial charge on any atom is 0.414 e. The molecule has 0 spiro atoms. The van der Waals surface area contributed by atoms with E-state index in [1.165, 1.54) is 0 Å². The molecule has 15 heteroatoms. The first-order valence-corrected chi connectivity index (χ1v) is 5.48. The van der Waals surface area contributed by atoms with Gasteiger partial charge in [0.1, 0.15) is 0 Å². The molecule has 0 saturated heterocycles. The molecule has 2 atom stereocenters. The highest BCUT2D eigenvalue weighted by atomic mass is 32.3. The fourth-order valence-corrected chi connectivity index (χ4v) is 0.270. The highest BCUT2D eigenvalue weighted by Crippen LogP contribution is 1.92. The van der Waals surface area contributed by atoms with Crippen molar-refractivity contribution in [2.75, 3.05) is 0 Å². The molecular weight excluding hydrogens is 328 g/mol. The second-order valence-electron chi connectivity index (χ2n) is 2.62. The quantitative estimate of drug-likeness (QED) is 0.182. The van der Waals surface area contributed by atoms with E-state index in [0.29, 0.717) is 0 Å². The summed E-state index contributed by atoms with van der Waals surface area (Å²) in [4.78, 5) is 37.7. The Morgan fingerprint density at radius 3 is 0.857 bits per heavy atom. The molecule has 0 heterocycles. The topological polar surface area (TPSA) is 264 Å². The summed E-state index contributed by atoms with van der Waals surface area (Å²) >= 11 is 0. The van der Waals surface area contributed by atoms with Gasteiger partial charge < -0.3 is 30.6 Å². The molecule has 0 aliphatic rings. The van der Waals surface area contributed by atoms with Crippen molar-refractivity contribution < 1.29 is 67.3 Å². The summed E-state index contributed by atoms with van der Waals surface area (Å²) in [5.41, 5.74) is 0. The van der Waals surface area contributed by atoms with E-state index in [1.54, 1.807) is 0 Å². The Bertz CT molecular complexity index is 438. The lowest BCUT2D eigenvalue weighted by Gasteiger charge is -2.07. The Balaban J connectivity index is -0.000000252. The van der Waals surface area contributed by atoms with Crippen molar-refractivity contribution in [3.8, 4) is 0 Å². The zero-order chi connectivity index (χ0) is 18.0. The molecule has 0 saturated carbocycles. The smallest absolute Gasteiger partial charge is 0.414 e. The largest absolute Gasteiger partial charge is 0.479 e. The molecule has 0 radical (unpaired) electrons. The van der Waals surface area contributed by atoms with Crippen LogP contribution in [0, 0.1) is 0 Å². The summed E-state index contributed by atoms with van der Waals surface area (Å²) in [6.45, 7) is 0. The van der Waals surface area contributed by atoms with E-state index < -0.39 is 46.5 Å². The number of aliphatic hydroxyl groups excluding tert-OH is 2. The predicted molar refractivity (Wildman–Crippen MR) is 56.7 cm³/mol. The van der Waals surface area contributed by atoms with Crippen LogP contribution in [-0.4, -0.2) is 84.2 Å². The molecule has 0 amide bonds. The van der Waals surface area contributed by atoms with E-state index in [2.05, 4.69) is 0 Å². The minimum absolute atomic E-state index is 1.77. The number of hydrogen-bond donors (Lipinski definition) is 8. The molecular formula is C6H10O14S. The molecule has 14 nitrogen and oxygen atoms in total. The molecule has 0 aromatic heterocycles. The Morgan fingerprint density at radius 2 is 0.810 bits per heavy atom. The van der Waals surface area contributed by atoms with Gasteiger partial charge in [0.05, 0.1) is 0 Å². The van der Waals surface area contributed by atoms with Gasteiger partial charge in [0, 0.05) is 0 Å². The second kappa shape index (κ2) is 10.5.